The van der Waals surface area contributed by atoms with Crippen molar-refractivity contribution in [3.8, 4) is 0 Å². The van der Waals surface area contributed by atoms with Gasteiger partial charge >= 0.3 is 6.68 Å². The van der Waals surface area contributed by atoms with Gasteiger partial charge in [-0.15, -0.1) is 0 Å². The van der Waals surface area contributed by atoms with Gasteiger partial charge < -0.3 is 20.5 Å². The number of hydrogen-bond acceptors (Lipinski definition) is 7. The van der Waals surface area contributed by atoms with Crippen molar-refractivity contribution in [2.75, 3.05) is 0 Å². The molecule has 3 aromatic rings. The first-order valence-corrected chi connectivity index (χ1v) is 11.3. The lowest BCUT2D eigenvalue weighted by Crippen LogP contribution is -2.30. The molecule has 0 saturated heterocycles. The summed E-state index contributed by atoms with van der Waals surface area (Å²) in [5, 5.41) is 1.51. The van der Waals surface area contributed by atoms with Gasteiger partial charge in [-0.25, -0.2) is 9.98 Å². The fourth-order valence-corrected chi connectivity index (χ4v) is 4.96. The Hall–Kier alpha value is -3.47. The van der Waals surface area contributed by atoms with Crippen LogP contribution in [0.3, 0.4) is 0 Å². The van der Waals surface area contributed by atoms with E-state index in [2.05, 4.69) is 9.98 Å². The average Bonchev–Trinajstić information content (AvgIpc) is 3.37. The third kappa shape index (κ3) is 4.60. The molecule has 1 aliphatic heterocycles. The largest absolute Gasteiger partial charge is 0.453 e. The molecule has 34 heavy (non-hydrogen) atoms. The summed E-state index contributed by atoms with van der Waals surface area (Å²) in [6.07, 6.45) is 3.45. The summed E-state index contributed by atoms with van der Waals surface area (Å²) in [4.78, 5) is 21.8. The van der Waals surface area contributed by atoms with Crippen molar-refractivity contribution >= 4 is 34.4 Å². The third-order valence-corrected chi connectivity index (χ3v) is 6.55. The van der Waals surface area contributed by atoms with Gasteiger partial charge in [0.05, 0.1) is 22.6 Å². The van der Waals surface area contributed by atoms with Crippen LogP contribution in [-0.2, 0) is 11.8 Å². The lowest BCUT2D eigenvalue weighted by Gasteiger charge is -2.29. The van der Waals surface area contributed by atoms with Gasteiger partial charge in [0.1, 0.15) is 11.6 Å². The van der Waals surface area contributed by atoms with Gasteiger partial charge in [0.25, 0.3) is 0 Å². The van der Waals surface area contributed by atoms with Gasteiger partial charge in [0.2, 0.25) is 0 Å². The Morgan fingerprint density at radius 3 is 2.65 bits per heavy atom. The molecule has 178 valence electrons. The van der Waals surface area contributed by atoms with Crippen LogP contribution in [0.25, 0.3) is 11.0 Å². The molecule has 2 aromatic heterocycles. The molecule has 0 spiro atoms. The van der Waals surface area contributed by atoms with Crippen LogP contribution < -0.4 is 11.5 Å². The van der Waals surface area contributed by atoms with Crippen LogP contribution in [-0.4, -0.2) is 27.8 Å². The Kier molecular flexibility index (Phi) is 6.82. The summed E-state index contributed by atoms with van der Waals surface area (Å²) in [7, 11) is 1.98. The summed E-state index contributed by atoms with van der Waals surface area (Å²) in [5.74, 6) is 0.633. The van der Waals surface area contributed by atoms with Crippen LogP contribution in [0.2, 0.25) is 0 Å². The van der Waals surface area contributed by atoms with E-state index in [1.54, 1.807) is 0 Å². The number of fused-ring (bicyclic) bond motifs is 1. The average molecular weight is 490 g/mol. The number of aryl methyl sites for hydroxylation is 1. The molecule has 7 nitrogen and oxygen atoms in total. The molecule has 0 amide bonds. The zero-order chi connectivity index (χ0) is 24.4. The number of halogens is 3. The number of hydrogen-bond donors (Lipinski definition) is 2. The number of nitrogens with zero attached hydrogens (tertiary/aromatic N) is 3. The summed E-state index contributed by atoms with van der Waals surface area (Å²) >= 11 is 1.44. The van der Waals surface area contributed by atoms with E-state index in [0.29, 0.717) is 34.3 Å². The highest BCUT2D eigenvalue weighted by molar-refractivity contribution is 7.99. The summed E-state index contributed by atoms with van der Waals surface area (Å²) in [5.41, 5.74) is 16.0. The quantitative estimate of drug-likeness (QED) is 0.547. The SMILES string of the molecule is Cn1c(Sc2ccc(C3C4=C(CCCC4=O)N=C(N)/C3=C\N)o2)nc2ccccc21.FC(F)F. The molecule has 0 fully saturated rings. The van der Waals surface area contributed by atoms with Crippen molar-refractivity contribution in [3.05, 3.63) is 65.2 Å². The number of para-hydroxylation sites is 2. The zero-order valence-electron chi connectivity index (χ0n) is 18.2. The summed E-state index contributed by atoms with van der Waals surface area (Å²) in [6, 6.07) is 11.7. The highest BCUT2D eigenvalue weighted by Gasteiger charge is 2.37. The molecular weight excluding hydrogens is 467 g/mol. The van der Waals surface area contributed by atoms with Crippen molar-refractivity contribution in [2.24, 2.45) is 23.5 Å². The first-order valence-electron chi connectivity index (χ1n) is 10.4. The van der Waals surface area contributed by atoms with Gasteiger partial charge in [-0.2, -0.15) is 13.2 Å². The van der Waals surface area contributed by atoms with Crippen LogP contribution in [0.15, 0.2) is 79.1 Å². The van der Waals surface area contributed by atoms with E-state index >= 15 is 0 Å². The first kappa shape index (κ1) is 23.7. The van der Waals surface area contributed by atoms with E-state index in [0.717, 1.165) is 34.7 Å². The number of furan rings is 1. The number of ketones is 1. The van der Waals surface area contributed by atoms with Crippen LogP contribution >= 0.6 is 11.8 Å². The molecule has 11 heteroatoms. The van der Waals surface area contributed by atoms with Gasteiger partial charge in [-0.3, -0.25) is 4.79 Å². The lowest BCUT2D eigenvalue weighted by atomic mass is 9.78. The minimum Gasteiger partial charge on any atom is -0.453 e. The molecule has 1 unspecified atom stereocenters. The minimum atomic E-state index is -3.67. The molecule has 1 aromatic carbocycles. The van der Waals surface area contributed by atoms with E-state index in [1.165, 1.54) is 18.0 Å². The van der Waals surface area contributed by atoms with Gasteiger partial charge in [0, 0.05) is 30.8 Å². The standard InChI is InChI=1S/C22H21N5O2S.CHF3/c1-27-15-7-3-2-5-13(15)26-22(27)30-18-10-9-17(29-18)19-12(11-23)21(24)25-14-6-4-8-16(28)20(14)19;2-1(3)4/h2-3,5,7,9-11,19H,4,6,8,23H2,1H3,(H2,24,25);1H/b12-11-;. The number of benzene rings is 1. The number of alkyl halides is 3. The second-order valence-electron chi connectivity index (χ2n) is 7.64. The van der Waals surface area contributed by atoms with E-state index in [1.807, 2.05) is 48.0 Å². The molecule has 0 bridgehead atoms. The van der Waals surface area contributed by atoms with Crippen molar-refractivity contribution in [2.45, 2.75) is 42.1 Å². The third-order valence-electron chi connectivity index (χ3n) is 5.58. The monoisotopic (exact) mass is 489 g/mol. The van der Waals surface area contributed by atoms with Crippen molar-refractivity contribution in [3.63, 3.8) is 0 Å². The number of imidazole rings is 1. The molecule has 1 aliphatic carbocycles. The second kappa shape index (κ2) is 9.80. The van der Waals surface area contributed by atoms with Crippen molar-refractivity contribution in [1.29, 1.82) is 0 Å². The molecule has 2 aliphatic rings. The van der Waals surface area contributed by atoms with Gasteiger partial charge in [-0.05, 0) is 48.9 Å². The molecule has 0 saturated carbocycles. The van der Waals surface area contributed by atoms with Crippen LogP contribution in [0.4, 0.5) is 13.2 Å². The van der Waals surface area contributed by atoms with Crippen LogP contribution in [0.1, 0.15) is 30.9 Å². The predicted octanol–water partition coefficient (Wildman–Crippen LogP) is 4.80. The van der Waals surface area contributed by atoms with Crippen molar-refractivity contribution in [1.82, 2.24) is 9.55 Å². The number of rotatable bonds is 3. The second-order valence-corrected chi connectivity index (χ2v) is 8.61. The Bertz CT molecular complexity index is 1320. The van der Waals surface area contributed by atoms with Crippen LogP contribution in [0.5, 0.6) is 0 Å². The first-order chi connectivity index (χ1) is 16.3. The maximum atomic E-state index is 12.7. The van der Waals surface area contributed by atoms with Gasteiger partial charge in [-0.1, -0.05) is 12.1 Å². The number of nitrogens with two attached hydrogens (primary N) is 2. The zero-order valence-corrected chi connectivity index (χ0v) is 19.0. The number of aromatic nitrogens is 2. The fourth-order valence-electron chi connectivity index (χ4n) is 4.13. The number of amidine groups is 1. The highest BCUT2D eigenvalue weighted by atomic mass is 32.2. The van der Waals surface area contributed by atoms with E-state index < -0.39 is 12.6 Å². The number of carbonyl (C=O) groups excluding carboxylic acids is 1. The summed E-state index contributed by atoms with van der Waals surface area (Å²) < 4.78 is 37.2. The Morgan fingerprint density at radius 2 is 1.94 bits per heavy atom. The Balaban J connectivity index is 0.000000636. The summed E-state index contributed by atoms with van der Waals surface area (Å²) in [6.45, 7) is -3.67. The number of aliphatic imine (C=N–C) groups is 1. The molecule has 1 atom stereocenters. The normalized spacial score (nSPS) is 19.3. The molecule has 3 heterocycles. The predicted molar refractivity (Wildman–Crippen MR) is 123 cm³/mol. The van der Waals surface area contributed by atoms with E-state index in [4.69, 9.17) is 15.9 Å². The topological polar surface area (TPSA) is 112 Å². The minimum absolute atomic E-state index is 0.0813. The number of Topliss-reactive ketones (excluding diaryl/α,β-unsaturated/α-hetero) is 1. The molecule has 5 rings (SSSR count). The molecular formula is C23H22F3N5O2S. The molecule has 0 radical (unpaired) electrons. The maximum absolute atomic E-state index is 12.7. The highest BCUT2D eigenvalue weighted by Crippen LogP contribution is 2.43. The lowest BCUT2D eigenvalue weighted by molar-refractivity contribution is -0.116. The Labute approximate surface area is 197 Å². The smallest absolute Gasteiger partial charge is 0.379 e. The number of carbonyl (C=O) groups is 1. The fraction of sp³-hybridized carbons (Fsp3) is 0.261. The number of allylic oxidation sites excluding steroid dienone is 2. The van der Waals surface area contributed by atoms with Gasteiger partial charge in [0.15, 0.2) is 16.0 Å². The van der Waals surface area contributed by atoms with Crippen LogP contribution in [0, 0.1) is 0 Å². The Morgan fingerprint density at radius 1 is 1.21 bits per heavy atom. The van der Waals surface area contributed by atoms with Crippen molar-refractivity contribution < 1.29 is 22.4 Å². The molecule has 4 N–H and O–H groups in total. The van der Waals surface area contributed by atoms with E-state index in [-0.39, 0.29) is 5.78 Å². The maximum Gasteiger partial charge on any atom is 0.379 e. The van der Waals surface area contributed by atoms with E-state index in [9.17, 15) is 18.0 Å².